The molecule has 1 fully saturated rings. The lowest BCUT2D eigenvalue weighted by atomic mass is 9.82. The van der Waals surface area contributed by atoms with E-state index in [0.717, 1.165) is 26.1 Å². The molecule has 2 N–H and O–H groups in total. The zero-order valence-electron chi connectivity index (χ0n) is 11.9. The molecule has 20 heavy (non-hydrogen) atoms. The van der Waals surface area contributed by atoms with Crippen molar-refractivity contribution in [2.75, 3.05) is 13.2 Å². The highest BCUT2D eigenvalue weighted by Crippen LogP contribution is 2.27. The number of rotatable bonds is 4. The Bertz CT molecular complexity index is 387. The molecule has 0 bridgehead atoms. The van der Waals surface area contributed by atoms with Gasteiger partial charge >= 0.3 is 5.97 Å². The Morgan fingerprint density at radius 2 is 1.80 bits per heavy atom. The maximum absolute atomic E-state index is 12.3. The van der Waals surface area contributed by atoms with Crippen molar-refractivity contribution in [3.63, 3.8) is 0 Å². The number of carboxylic acids is 1. The Morgan fingerprint density at radius 3 is 2.40 bits per heavy atom. The summed E-state index contributed by atoms with van der Waals surface area (Å²) in [6.07, 6.45) is 6.62. The van der Waals surface area contributed by atoms with Crippen molar-refractivity contribution < 1.29 is 19.4 Å². The summed E-state index contributed by atoms with van der Waals surface area (Å²) < 4.78 is 5.32. The van der Waals surface area contributed by atoms with Crippen LogP contribution in [0.3, 0.4) is 0 Å². The van der Waals surface area contributed by atoms with Crippen molar-refractivity contribution in [3.8, 4) is 0 Å². The first-order valence-electron chi connectivity index (χ1n) is 7.35. The fourth-order valence-corrected chi connectivity index (χ4v) is 3.04. The van der Waals surface area contributed by atoms with Crippen LogP contribution in [0.2, 0.25) is 0 Å². The predicted octanol–water partition coefficient (Wildman–Crippen LogP) is 1.58. The highest BCUT2D eigenvalue weighted by molar-refractivity contribution is 5.85. The summed E-state index contributed by atoms with van der Waals surface area (Å²) in [4.78, 5) is 23.6. The SMILES string of the molecule is CC(NC(=O)[C@@H]1CC=CC[C@@H]1C(=O)O)C1CCOCC1. The highest BCUT2D eigenvalue weighted by atomic mass is 16.5. The average Bonchev–Trinajstić information content (AvgIpc) is 2.48. The maximum atomic E-state index is 12.3. The third kappa shape index (κ3) is 3.60. The first-order valence-corrected chi connectivity index (χ1v) is 7.35. The molecule has 0 aromatic rings. The monoisotopic (exact) mass is 281 g/mol. The molecule has 1 heterocycles. The van der Waals surface area contributed by atoms with Crippen LogP contribution in [0, 0.1) is 17.8 Å². The Labute approximate surface area is 119 Å². The van der Waals surface area contributed by atoms with E-state index >= 15 is 0 Å². The molecular formula is C15H23NO4. The minimum Gasteiger partial charge on any atom is -0.481 e. The van der Waals surface area contributed by atoms with Crippen LogP contribution in [-0.2, 0) is 14.3 Å². The van der Waals surface area contributed by atoms with Crippen LogP contribution >= 0.6 is 0 Å². The van der Waals surface area contributed by atoms with Crippen molar-refractivity contribution in [3.05, 3.63) is 12.2 Å². The van der Waals surface area contributed by atoms with Gasteiger partial charge in [0.05, 0.1) is 11.8 Å². The van der Waals surface area contributed by atoms with Gasteiger partial charge in [-0.2, -0.15) is 0 Å². The van der Waals surface area contributed by atoms with Gasteiger partial charge in [-0.15, -0.1) is 0 Å². The van der Waals surface area contributed by atoms with Gasteiger partial charge in [0, 0.05) is 19.3 Å². The molecule has 0 radical (unpaired) electrons. The van der Waals surface area contributed by atoms with Crippen molar-refractivity contribution in [1.82, 2.24) is 5.32 Å². The molecule has 0 saturated carbocycles. The van der Waals surface area contributed by atoms with E-state index in [9.17, 15) is 14.7 Å². The molecule has 0 aromatic carbocycles. The molecule has 5 heteroatoms. The Morgan fingerprint density at radius 1 is 1.20 bits per heavy atom. The average molecular weight is 281 g/mol. The normalized spacial score (nSPS) is 28.9. The Hall–Kier alpha value is -1.36. The Kier molecular flexibility index (Phi) is 5.17. The number of allylic oxidation sites excluding steroid dienone is 2. The molecule has 1 amide bonds. The second kappa shape index (κ2) is 6.88. The zero-order chi connectivity index (χ0) is 14.5. The lowest BCUT2D eigenvalue weighted by Gasteiger charge is -2.31. The second-order valence-corrected chi connectivity index (χ2v) is 5.74. The molecule has 112 valence electrons. The number of hydrogen-bond donors (Lipinski definition) is 2. The van der Waals surface area contributed by atoms with Gasteiger partial charge in [0.1, 0.15) is 0 Å². The van der Waals surface area contributed by atoms with E-state index in [1.165, 1.54) is 0 Å². The number of ether oxygens (including phenoxy) is 1. The van der Waals surface area contributed by atoms with Crippen LogP contribution < -0.4 is 5.32 Å². The van der Waals surface area contributed by atoms with Crippen LogP contribution in [-0.4, -0.2) is 36.2 Å². The van der Waals surface area contributed by atoms with Crippen molar-refractivity contribution >= 4 is 11.9 Å². The summed E-state index contributed by atoms with van der Waals surface area (Å²) in [5.41, 5.74) is 0. The molecule has 0 aromatic heterocycles. The summed E-state index contributed by atoms with van der Waals surface area (Å²) in [5.74, 6) is -1.62. The lowest BCUT2D eigenvalue weighted by Crippen LogP contribution is -2.46. The molecule has 5 nitrogen and oxygen atoms in total. The summed E-state index contributed by atoms with van der Waals surface area (Å²) in [7, 11) is 0. The maximum Gasteiger partial charge on any atom is 0.307 e. The number of carbonyl (C=O) groups excluding carboxylic acids is 1. The van der Waals surface area contributed by atoms with Crippen LogP contribution in [0.1, 0.15) is 32.6 Å². The van der Waals surface area contributed by atoms with Gasteiger partial charge in [0.25, 0.3) is 0 Å². The smallest absolute Gasteiger partial charge is 0.307 e. The summed E-state index contributed by atoms with van der Waals surface area (Å²) in [5, 5.41) is 12.2. The quantitative estimate of drug-likeness (QED) is 0.767. The number of amides is 1. The Balaban J connectivity index is 1.92. The molecule has 1 unspecified atom stereocenters. The fraction of sp³-hybridized carbons (Fsp3) is 0.733. The van der Waals surface area contributed by atoms with Gasteiger partial charge in [0.15, 0.2) is 0 Å². The first kappa shape index (κ1) is 15.0. The number of carbonyl (C=O) groups is 2. The molecule has 2 rings (SSSR count). The molecule has 3 atom stereocenters. The van der Waals surface area contributed by atoms with Crippen LogP contribution in [0.15, 0.2) is 12.2 Å². The van der Waals surface area contributed by atoms with E-state index in [4.69, 9.17) is 4.74 Å². The predicted molar refractivity (Wildman–Crippen MR) is 74.1 cm³/mol. The molecule has 1 aliphatic carbocycles. The van der Waals surface area contributed by atoms with Crippen molar-refractivity contribution in [2.45, 2.75) is 38.6 Å². The van der Waals surface area contributed by atoms with E-state index in [-0.39, 0.29) is 11.9 Å². The summed E-state index contributed by atoms with van der Waals surface area (Å²) in [6.45, 7) is 3.49. The van der Waals surface area contributed by atoms with Crippen molar-refractivity contribution in [1.29, 1.82) is 0 Å². The van der Waals surface area contributed by atoms with Gasteiger partial charge in [-0.25, -0.2) is 0 Å². The summed E-state index contributed by atoms with van der Waals surface area (Å²) in [6, 6.07) is 0.0757. The number of nitrogens with one attached hydrogen (secondary N) is 1. The van der Waals surface area contributed by atoms with Gasteiger partial charge < -0.3 is 15.2 Å². The van der Waals surface area contributed by atoms with Crippen LogP contribution in [0.25, 0.3) is 0 Å². The minimum atomic E-state index is -0.881. The lowest BCUT2D eigenvalue weighted by molar-refractivity contribution is -0.147. The molecular weight excluding hydrogens is 258 g/mol. The van der Waals surface area contributed by atoms with E-state index in [1.807, 2.05) is 19.1 Å². The molecule has 2 aliphatic rings. The molecule has 1 aliphatic heterocycles. The number of aliphatic carboxylic acids is 1. The summed E-state index contributed by atoms with van der Waals surface area (Å²) >= 11 is 0. The van der Waals surface area contributed by atoms with Gasteiger partial charge in [-0.05, 0) is 38.5 Å². The third-order valence-electron chi connectivity index (χ3n) is 4.43. The van der Waals surface area contributed by atoms with E-state index in [0.29, 0.717) is 18.8 Å². The van der Waals surface area contributed by atoms with Crippen molar-refractivity contribution in [2.24, 2.45) is 17.8 Å². The standard InChI is InChI=1S/C15H23NO4/c1-10(11-6-8-20-9-7-11)16-14(17)12-4-2-3-5-13(12)15(18)19/h2-3,10-13H,4-9H2,1H3,(H,16,17)(H,18,19)/t10?,12-,13+/m1/s1. The van der Waals surface area contributed by atoms with Gasteiger partial charge in [-0.3, -0.25) is 9.59 Å². The van der Waals surface area contributed by atoms with E-state index < -0.39 is 17.8 Å². The highest BCUT2D eigenvalue weighted by Gasteiger charge is 2.35. The molecule has 0 spiro atoms. The number of carboxylic acid groups (broad SMARTS) is 1. The zero-order valence-corrected chi connectivity index (χ0v) is 11.9. The van der Waals surface area contributed by atoms with E-state index in [1.54, 1.807) is 0 Å². The van der Waals surface area contributed by atoms with Gasteiger partial charge in [-0.1, -0.05) is 12.2 Å². The van der Waals surface area contributed by atoms with Crippen LogP contribution in [0.4, 0.5) is 0 Å². The van der Waals surface area contributed by atoms with E-state index in [2.05, 4.69) is 5.32 Å². The molecule has 1 saturated heterocycles. The second-order valence-electron chi connectivity index (χ2n) is 5.74. The first-order chi connectivity index (χ1) is 9.59. The largest absolute Gasteiger partial charge is 0.481 e. The minimum absolute atomic E-state index is 0.0757. The topological polar surface area (TPSA) is 75.6 Å². The van der Waals surface area contributed by atoms with Gasteiger partial charge in [0.2, 0.25) is 5.91 Å². The third-order valence-corrected chi connectivity index (χ3v) is 4.43. The fourth-order valence-electron chi connectivity index (χ4n) is 3.04. The number of hydrogen-bond acceptors (Lipinski definition) is 3. The van der Waals surface area contributed by atoms with Crippen LogP contribution in [0.5, 0.6) is 0 Å².